The quantitative estimate of drug-likeness (QED) is 0.301. The second-order valence-electron chi connectivity index (χ2n) is 11.4. The molecule has 0 spiro atoms. The number of nitrogens with zero attached hydrogens (tertiary/aromatic N) is 7. The van der Waals surface area contributed by atoms with Crippen molar-refractivity contribution < 1.29 is 18.7 Å². The summed E-state index contributed by atoms with van der Waals surface area (Å²) >= 11 is 6.35. The van der Waals surface area contributed by atoms with Gasteiger partial charge in [-0.05, 0) is 41.2 Å². The highest BCUT2D eigenvalue weighted by atomic mass is 35.5. The number of rotatable bonds is 8. The summed E-state index contributed by atoms with van der Waals surface area (Å²) in [6.07, 6.45) is 0.288. The first kappa shape index (κ1) is 29.3. The molecule has 0 aliphatic carbocycles. The van der Waals surface area contributed by atoms with Gasteiger partial charge >= 0.3 is 0 Å². The average molecular weight is 597 g/mol. The third-order valence-corrected chi connectivity index (χ3v) is 7.44. The predicted octanol–water partition coefficient (Wildman–Crippen LogP) is 4.78. The maximum atomic E-state index is 14.4. The standard InChI is InChI=1S/C29H31ClF2N8O2/c1-28(2,3)15-29(19-8-5-17(6-9-19)21-11-12-38(4)37-21)26(42)39(27(33)36-29)23(14-41)18-7-10-20(30)22(13-18)40-25(24(31)32)34-16-35-40/h5-13,16,23-24,41H,14-15H2,1-4H3,(H2,33,36)/t23-,29-/m1/s1. The molecule has 13 heteroatoms. The Labute approximate surface area is 246 Å². The van der Waals surface area contributed by atoms with Gasteiger partial charge in [-0.3, -0.25) is 14.4 Å². The minimum Gasteiger partial charge on any atom is -0.394 e. The zero-order valence-electron chi connectivity index (χ0n) is 23.5. The van der Waals surface area contributed by atoms with Crippen molar-refractivity contribution in [3.05, 3.63) is 83.0 Å². The van der Waals surface area contributed by atoms with Gasteiger partial charge in [-0.1, -0.05) is 62.7 Å². The summed E-state index contributed by atoms with van der Waals surface area (Å²) < 4.78 is 29.8. The number of alkyl halides is 2. The average Bonchev–Trinajstić information content (AvgIpc) is 3.65. The van der Waals surface area contributed by atoms with E-state index in [1.165, 1.54) is 17.0 Å². The molecule has 42 heavy (non-hydrogen) atoms. The second-order valence-corrected chi connectivity index (χ2v) is 11.8. The Bertz CT molecular complexity index is 1640. The fourth-order valence-corrected chi connectivity index (χ4v) is 5.58. The number of benzene rings is 2. The van der Waals surface area contributed by atoms with Crippen molar-refractivity contribution in [1.82, 2.24) is 29.4 Å². The van der Waals surface area contributed by atoms with Crippen LogP contribution in [0, 0.1) is 5.41 Å². The van der Waals surface area contributed by atoms with E-state index in [0.29, 0.717) is 17.5 Å². The molecule has 10 nitrogen and oxygen atoms in total. The van der Waals surface area contributed by atoms with Crippen LogP contribution >= 0.6 is 11.6 Å². The van der Waals surface area contributed by atoms with Crippen molar-refractivity contribution >= 4 is 23.5 Å². The van der Waals surface area contributed by atoms with Crippen LogP contribution in [0.2, 0.25) is 5.02 Å². The second kappa shape index (κ2) is 10.9. The highest BCUT2D eigenvalue weighted by Gasteiger charge is 2.52. The van der Waals surface area contributed by atoms with Crippen LogP contribution in [-0.4, -0.2) is 53.0 Å². The lowest BCUT2D eigenvalue weighted by Crippen LogP contribution is -2.47. The molecule has 4 aromatic rings. The first-order valence-corrected chi connectivity index (χ1v) is 13.6. The summed E-state index contributed by atoms with van der Waals surface area (Å²) in [5.41, 5.74) is 7.58. The summed E-state index contributed by atoms with van der Waals surface area (Å²) in [7, 11) is 1.84. The van der Waals surface area contributed by atoms with E-state index in [1.54, 1.807) is 10.7 Å². The lowest BCUT2D eigenvalue weighted by atomic mass is 9.75. The number of hydrogen-bond donors (Lipinski definition) is 2. The molecule has 3 heterocycles. The van der Waals surface area contributed by atoms with E-state index in [1.807, 2.05) is 64.3 Å². The first-order chi connectivity index (χ1) is 19.8. The van der Waals surface area contributed by atoms with Crippen molar-refractivity contribution in [1.29, 1.82) is 0 Å². The van der Waals surface area contributed by atoms with Gasteiger partial charge in [0.2, 0.25) is 0 Å². The Kier molecular flexibility index (Phi) is 7.62. The van der Waals surface area contributed by atoms with Gasteiger partial charge in [-0.15, -0.1) is 0 Å². The van der Waals surface area contributed by atoms with Crippen molar-refractivity contribution in [2.75, 3.05) is 6.61 Å². The smallest absolute Gasteiger partial charge is 0.297 e. The zero-order valence-corrected chi connectivity index (χ0v) is 24.3. The first-order valence-electron chi connectivity index (χ1n) is 13.2. The highest BCUT2D eigenvalue weighted by molar-refractivity contribution is 6.32. The molecule has 1 aliphatic heterocycles. The van der Waals surface area contributed by atoms with Crippen LogP contribution in [0.4, 0.5) is 8.78 Å². The Morgan fingerprint density at radius 3 is 2.43 bits per heavy atom. The van der Waals surface area contributed by atoms with Gasteiger partial charge in [0.1, 0.15) is 6.33 Å². The zero-order chi connectivity index (χ0) is 30.4. The number of amides is 1. The van der Waals surface area contributed by atoms with Crippen LogP contribution in [0.5, 0.6) is 0 Å². The van der Waals surface area contributed by atoms with Crippen LogP contribution in [-0.2, 0) is 17.4 Å². The predicted molar refractivity (Wildman–Crippen MR) is 154 cm³/mol. The third kappa shape index (κ3) is 5.27. The molecule has 1 amide bonds. The van der Waals surface area contributed by atoms with Crippen molar-refractivity contribution in [2.45, 2.75) is 45.2 Å². The van der Waals surface area contributed by atoms with E-state index in [9.17, 15) is 18.7 Å². The van der Waals surface area contributed by atoms with Crippen LogP contribution in [0.3, 0.4) is 0 Å². The topological polar surface area (TPSA) is 127 Å². The summed E-state index contributed by atoms with van der Waals surface area (Å²) in [6.45, 7) is 5.50. The molecule has 2 aromatic carbocycles. The van der Waals surface area contributed by atoms with Crippen LogP contribution in [0.25, 0.3) is 16.9 Å². The Hall–Kier alpha value is -4.16. The number of nitrogens with two attached hydrogens (primary N) is 1. The molecule has 0 saturated carbocycles. The minimum atomic E-state index is -2.90. The van der Waals surface area contributed by atoms with Gasteiger partial charge in [0.05, 0.1) is 29.1 Å². The Morgan fingerprint density at radius 2 is 1.83 bits per heavy atom. The molecular weight excluding hydrogens is 566 g/mol. The third-order valence-electron chi connectivity index (χ3n) is 7.12. The molecule has 3 N–H and O–H groups in total. The fourth-order valence-electron chi connectivity index (χ4n) is 5.38. The number of aromatic nitrogens is 5. The Morgan fingerprint density at radius 1 is 1.12 bits per heavy atom. The van der Waals surface area contributed by atoms with E-state index in [-0.39, 0.29) is 22.1 Å². The summed E-state index contributed by atoms with van der Waals surface area (Å²) in [5.74, 6) is -1.07. The van der Waals surface area contributed by atoms with Crippen molar-refractivity contribution in [3.8, 4) is 16.9 Å². The monoisotopic (exact) mass is 596 g/mol. The number of aryl methyl sites for hydroxylation is 1. The minimum absolute atomic E-state index is 0.0670. The van der Waals surface area contributed by atoms with E-state index in [4.69, 9.17) is 22.3 Å². The number of carbonyl (C=O) groups is 1. The molecule has 2 aromatic heterocycles. The van der Waals surface area contributed by atoms with E-state index >= 15 is 0 Å². The number of halogens is 3. The molecule has 0 bridgehead atoms. The molecule has 1 aliphatic rings. The van der Waals surface area contributed by atoms with E-state index in [2.05, 4.69) is 15.2 Å². The number of aliphatic hydroxyl groups is 1. The number of aliphatic hydroxyl groups excluding tert-OH is 1. The van der Waals surface area contributed by atoms with Crippen LogP contribution in [0.15, 0.2) is 66.0 Å². The van der Waals surface area contributed by atoms with Gasteiger partial charge in [0.25, 0.3) is 12.3 Å². The van der Waals surface area contributed by atoms with Gasteiger partial charge in [0, 0.05) is 18.8 Å². The largest absolute Gasteiger partial charge is 0.394 e. The number of hydrogen-bond acceptors (Lipinski definition) is 7. The maximum Gasteiger partial charge on any atom is 0.297 e. The summed E-state index contributed by atoms with van der Waals surface area (Å²) in [5, 5.41) is 19.0. The molecule has 0 unspecified atom stereocenters. The van der Waals surface area contributed by atoms with E-state index < -0.39 is 36.3 Å². The molecule has 0 fully saturated rings. The van der Waals surface area contributed by atoms with Gasteiger partial charge in [-0.2, -0.15) is 10.2 Å². The molecular formula is C29H31ClF2N8O2. The van der Waals surface area contributed by atoms with Gasteiger partial charge in [-0.25, -0.2) is 23.4 Å². The molecule has 0 saturated heterocycles. The number of aliphatic imine (C=N–C) groups is 1. The maximum absolute atomic E-state index is 14.4. The Balaban J connectivity index is 1.55. The lowest BCUT2D eigenvalue weighted by molar-refractivity contribution is -0.135. The van der Waals surface area contributed by atoms with Crippen LogP contribution in [0.1, 0.15) is 56.6 Å². The molecule has 220 valence electrons. The normalized spacial score (nSPS) is 18.2. The summed E-state index contributed by atoms with van der Waals surface area (Å²) in [6, 6.07) is 12.9. The van der Waals surface area contributed by atoms with Gasteiger partial charge < -0.3 is 10.8 Å². The molecule has 0 radical (unpaired) electrons. The van der Waals surface area contributed by atoms with Crippen molar-refractivity contribution in [2.24, 2.45) is 23.2 Å². The summed E-state index contributed by atoms with van der Waals surface area (Å²) in [4.78, 5) is 24.1. The van der Waals surface area contributed by atoms with Crippen molar-refractivity contribution in [3.63, 3.8) is 0 Å². The van der Waals surface area contributed by atoms with E-state index in [0.717, 1.165) is 22.3 Å². The number of guanidine groups is 1. The highest BCUT2D eigenvalue weighted by Crippen LogP contribution is 2.45. The lowest BCUT2D eigenvalue weighted by Gasteiger charge is -2.34. The van der Waals surface area contributed by atoms with Crippen LogP contribution < -0.4 is 5.73 Å². The molecule has 2 atom stereocenters. The number of carbonyl (C=O) groups excluding carboxylic acids is 1. The van der Waals surface area contributed by atoms with Gasteiger partial charge in [0.15, 0.2) is 17.3 Å². The SMILES string of the molecule is Cn1ccc(-c2ccc([C@@]3(CC(C)(C)C)N=C(N)N([C@H](CO)c4ccc(Cl)c(-n5ncnc5C(F)F)c4)C3=O)cc2)n1. The molecule has 5 rings (SSSR count). The fraction of sp³-hybridized carbons (Fsp3) is 0.345.